The summed E-state index contributed by atoms with van der Waals surface area (Å²) in [4.78, 5) is 22.7. The second kappa shape index (κ2) is 12.1. The molecule has 0 atom stereocenters. The third kappa shape index (κ3) is 9.57. The van der Waals surface area contributed by atoms with Crippen molar-refractivity contribution >= 4 is 36.0 Å². The van der Waals surface area contributed by atoms with Crippen LogP contribution in [0, 0.1) is 5.92 Å². The Hall–Kier alpha value is -1.58. The number of amides is 1. The molecule has 0 aliphatic heterocycles. The maximum absolute atomic E-state index is 12.5. The monoisotopic (exact) mass is 503 g/mol. The number of rotatable bonds is 8. The molecule has 7 nitrogen and oxygen atoms in total. The molecule has 0 saturated heterocycles. The minimum absolute atomic E-state index is 0. The standard InChI is InChI=1S/C20H33N5O2.HI/c1-20(2,3)27-19(26)25(15-17-9-5-10-22-13-17)12-6-11-23-18(21)24-14-16-7-4-8-16;/h5,9-10,13,16H,4,6-8,11-12,14-15H2,1-3H3,(H3,21,23,24);1H. The fraction of sp³-hybridized carbons (Fsp3) is 0.650. The molecule has 28 heavy (non-hydrogen) atoms. The summed E-state index contributed by atoms with van der Waals surface area (Å²) in [5.74, 6) is 1.19. The number of carbonyl (C=O) groups is 1. The van der Waals surface area contributed by atoms with Gasteiger partial charge in [-0.3, -0.25) is 9.98 Å². The van der Waals surface area contributed by atoms with Crippen LogP contribution in [0.25, 0.3) is 0 Å². The molecule has 1 saturated carbocycles. The minimum atomic E-state index is -0.527. The number of guanidine groups is 1. The van der Waals surface area contributed by atoms with Crippen molar-refractivity contribution in [2.24, 2.45) is 16.6 Å². The van der Waals surface area contributed by atoms with Gasteiger partial charge in [0.1, 0.15) is 5.60 Å². The fourth-order valence-corrected chi connectivity index (χ4v) is 2.72. The third-order valence-electron chi connectivity index (χ3n) is 4.40. The van der Waals surface area contributed by atoms with Crippen LogP contribution in [0.4, 0.5) is 4.79 Å². The van der Waals surface area contributed by atoms with Crippen LogP contribution in [-0.2, 0) is 11.3 Å². The van der Waals surface area contributed by atoms with Gasteiger partial charge < -0.3 is 20.7 Å². The lowest BCUT2D eigenvalue weighted by Gasteiger charge is -2.27. The molecule has 1 heterocycles. The van der Waals surface area contributed by atoms with Crippen LogP contribution in [0.1, 0.15) is 52.0 Å². The zero-order chi connectivity index (χ0) is 19.7. The minimum Gasteiger partial charge on any atom is -0.444 e. The number of nitrogens with two attached hydrogens (primary N) is 1. The van der Waals surface area contributed by atoms with Gasteiger partial charge in [0.25, 0.3) is 0 Å². The molecule has 1 aliphatic rings. The van der Waals surface area contributed by atoms with Crippen molar-refractivity contribution in [2.75, 3.05) is 19.6 Å². The first-order valence-electron chi connectivity index (χ1n) is 9.74. The molecule has 0 aromatic carbocycles. The number of nitrogens with one attached hydrogen (secondary N) is 1. The third-order valence-corrected chi connectivity index (χ3v) is 4.40. The van der Waals surface area contributed by atoms with E-state index in [-0.39, 0.29) is 30.1 Å². The average molecular weight is 503 g/mol. The summed E-state index contributed by atoms with van der Waals surface area (Å²) in [6.07, 6.45) is 7.74. The predicted octanol–water partition coefficient (Wildman–Crippen LogP) is 3.53. The lowest BCUT2D eigenvalue weighted by Crippen LogP contribution is -2.39. The molecule has 3 N–H and O–H groups in total. The van der Waals surface area contributed by atoms with E-state index in [1.54, 1.807) is 17.3 Å². The SMILES string of the molecule is CC(C)(C)OC(=O)N(CCCNC(N)=NCC1CCC1)Cc1cccnc1.I. The van der Waals surface area contributed by atoms with Crippen LogP contribution < -0.4 is 11.1 Å². The van der Waals surface area contributed by atoms with Crippen molar-refractivity contribution in [3.8, 4) is 0 Å². The molecule has 1 aliphatic carbocycles. The van der Waals surface area contributed by atoms with Crippen LogP contribution in [-0.4, -0.2) is 47.2 Å². The van der Waals surface area contributed by atoms with Crippen LogP contribution >= 0.6 is 24.0 Å². The van der Waals surface area contributed by atoms with Crippen molar-refractivity contribution in [3.63, 3.8) is 0 Å². The normalized spacial score (nSPS) is 14.6. The Kier molecular flexibility index (Phi) is 10.6. The molecule has 0 bridgehead atoms. The molecule has 0 spiro atoms. The summed E-state index contributed by atoms with van der Waals surface area (Å²) in [6.45, 7) is 8.10. The fourth-order valence-electron chi connectivity index (χ4n) is 2.72. The lowest BCUT2D eigenvalue weighted by molar-refractivity contribution is 0.0232. The van der Waals surface area contributed by atoms with E-state index in [4.69, 9.17) is 10.5 Å². The maximum Gasteiger partial charge on any atom is 0.410 e. The van der Waals surface area contributed by atoms with Gasteiger partial charge in [0.2, 0.25) is 0 Å². The number of pyridine rings is 1. The molecule has 0 unspecified atom stereocenters. The Morgan fingerprint density at radius 3 is 2.75 bits per heavy atom. The summed E-state index contributed by atoms with van der Waals surface area (Å²) in [6, 6.07) is 3.82. The molecule has 1 aromatic rings. The number of hydrogen-bond acceptors (Lipinski definition) is 4. The van der Waals surface area contributed by atoms with Crippen LogP contribution in [0.2, 0.25) is 0 Å². The van der Waals surface area contributed by atoms with Gasteiger partial charge in [-0.25, -0.2) is 4.79 Å². The molecule has 2 rings (SSSR count). The first-order valence-corrected chi connectivity index (χ1v) is 9.74. The number of aromatic nitrogens is 1. The topological polar surface area (TPSA) is 92.8 Å². The number of nitrogens with zero attached hydrogens (tertiary/aromatic N) is 3. The van der Waals surface area contributed by atoms with E-state index < -0.39 is 5.60 Å². The van der Waals surface area contributed by atoms with Gasteiger partial charge in [-0.15, -0.1) is 24.0 Å². The first kappa shape index (κ1) is 24.5. The van der Waals surface area contributed by atoms with Gasteiger partial charge in [-0.05, 0) is 57.6 Å². The molecule has 158 valence electrons. The van der Waals surface area contributed by atoms with E-state index in [9.17, 15) is 4.79 Å². The highest BCUT2D eigenvalue weighted by atomic mass is 127. The largest absolute Gasteiger partial charge is 0.444 e. The summed E-state index contributed by atoms with van der Waals surface area (Å²) in [5.41, 5.74) is 6.35. The van der Waals surface area contributed by atoms with Gasteiger partial charge in [-0.1, -0.05) is 12.5 Å². The van der Waals surface area contributed by atoms with E-state index in [1.165, 1.54) is 19.3 Å². The number of halogens is 1. The Bertz CT molecular complexity index is 615. The van der Waals surface area contributed by atoms with Gasteiger partial charge in [0.15, 0.2) is 5.96 Å². The highest BCUT2D eigenvalue weighted by Crippen LogP contribution is 2.26. The highest BCUT2D eigenvalue weighted by molar-refractivity contribution is 14.0. The maximum atomic E-state index is 12.5. The van der Waals surface area contributed by atoms with Crippen molar-refractivity contribution < 1.29 is 9.53 Å². The van der Waals surface area contributed by atoms with E-state index in [0.717, 1.165) is 18.5 Å². The molecular formula is C20H34IN5O2. The number of ether oxygens (including phenoxy) is 1. The van der Waals surface area contributed by atoms with E-state index in [2.05, 4.69) is 15.3 Å². The van der Waals surface area contributed by atoms with Gasteiger partial charge in [0.05, 0.1) is 6.54 Å². The summed E-state index contributed by atoms with van der Waals surface area (Å²) in [7, 11) is 0. The van der Waals surface area contributed by atoms with Gasteiger partial charge in [-0.2, -0.15) is 0 Å². The van der Waals surface area contributed by atoms with E-state index in [1.807, 2.05) is 32.9 Å². The summed E-state index contributed by atoms with van der Waals surface area (Å²) < 4.78 is 5.53. The quantitative estimate of drug-likeness (QED) is 0.245. The zero-order valence-corrected chi connectivity index (χ0v) is 19.5. The Labute approximate surface area is 185 Å². The molecule has 1 aromatic heterocycles. The zero-order valence-electron chi connectivity index (χ0n) is 17.2. The first-order chi connectivity index (χ1) is 12.8. The smallest absolute Gasteiger partial charge is 0.410 e. The van der Waals surface area contributed by atoms with E-state index >= 15 is 0 Å². The molecule has 1 amide bonds. The predicted molar refractivity (Wildman–Crippen MR) is 123 cm³/mol. The summed E-state index contributed by atoms with van der Waals surface area (Å²) >= 11 is 0. The second-order valence-corrected chi connectivity index (χ2v) is 8.07. The number of carbonyl (C=O) groups excluding carboxylic acids is 1. The van der Waals surface area contributed by atoms with Crippen LogP contribution in [0.15, 0.2) is 29.5 Å². The van der Waals surface area contributed by atoms with Crippen LogP contribution in [0.3, 0.4) is 0 Å². The Morgan fingerprint density at radius 1 is 1.43 bits per heavy atom. The second-order valence-electron chi connectivity index (χ2n) is 8.07. The molecule has 1 fully saturated rings. The molecule has 0 radical (unpaired) electrons. The Morgan fingerprint density at radius 2 is 2.18 bits per heavy atom. The highest BCUT2D eigenvalue weighted by Gasteiger charge is 2.22. The number of aliphatic imine (C=N–C) groups is 1. The summed E-state index contributed by atoms with van der Waals surface area (Å²) in [5, 5.41) is 3.13. The van der Waals surface area contributed by atoms with E-state index in [0.29, 0.717) is 31.5 Å². The number of hydrogen-bond donors (Lipinski definition) is 2. The van der Waals surface area contributed by atoms with Crippen LogP contribution in [0.5, 0.6) is 0 Å². The Balaban J connectivity index is 0.00000392. The molecule has 8 heteroatoms. The van der Waals surface area contributed by atoms with Crippen molar-refractivity contribution in [2.45, 2.75) is 58.6 Å². The van der Waals surface area contributed by atoms with Crippen molar-refractivity contribution in [1.29, 1.82) is 0 Å². The van der Waals surface area contributed by atoms with Crippen molar-refractivity contribution in [3.05, 3.63) is 30.1 Å². The van der Waals surface area contributed by atoms with Crippen molar-refractivity contribution in [1.82, 2.24) is 15.2 Å². The lowest BCUT2D eigenvalue weighted by atomic mass is 9.86. The van der Waals surface area contributed by atoms with Gasteiger partial charge in [0, 0.05) is 32.0 Å². The molecular weight excluding hydrogens is 469 g/mol. The van der Waals surface area contributed by atoms with Gasteiger partial charge >= 0.3 is 6.09 Å². The average Bonchev–Trinajstić information content (AvgIpc) is 2.55.